The third-order valence-corrected chi connectivity index (χ3v) is 3.18. The first-order chi connectivity index (χ1) is 9.12. The highest BCUT2D eigenvalue weighted by molar-refractivity contribution is 5.81. The predicted octanol–water partition coefficient (Wildman–Crippen LogP) is 4.09. The van der Waals surface area contributed by atoms with Gasteiger partial charge in [-0.1, -0.05) is 50.8 Å². The second-order valence-electron chi connectivity index (χ2n) is 4.96. The zero-order valence-corrected chi connectivity index (χ0v) is 11.7. The minimum atomic E-state index is -1.05. The van der Waals surface area contributed by atoms with Crippen LogP contribution in [0.1, 0.15) is 46.0 Å². The van der Waals surface area contributed by atoms with E-state index >= 15 is 0 Å². The van der Waals surface area contributed by atoms with Crippen molar-refractivity contribution in [2.75, 3.05) is 0 Å². The summed E-state index contributed by atoms with van der Waals surface area (Å²) >= 11 is 0. The molecule has 19 heavy (non-hydrogen) atoms. The van der Waals surface area contributed by atoms with Crippen LogP contribution in [0, 0.1) is 16.7 Å². The Morgan fingerprint density at radius 3 is 2.53 bits per heavy atom. The number of para-hydroxylation sites is 1. The Morgan fingerprint density at radius 2 is 1.95 bits per heavy atom. The molecule has 1 aromatic rings. The second kappa shape index (κ2) is 7.58. The maximum absolute atomic E-state index is 12.1. The van der Waals surface area contributed by atoms with Crippen molar-refractivity contribution >= 4 is 5.97 Å². The van der Waals surface area contributed by atoms with Crippen molar-refractivity contribution in [1.82, 2.24) is 0 Å². The van der Waals surface area contributed by atoms with E-state index in [1.807, 2.05) is 6.07 Å². The molecule has 0 fully saturated rings. The van der Waals surface area contributed by atoms with E-state index < -0.39 is 11.4 Å². The topological polar surface area (TPSA) is 50.1 Å². The maximum Gasteiger partial charge on any atom is 0.331 e. The number of unbranched alkanes of at least 4 members (excludes halogenated alkanes) is 3. The van der Waals surface area contributed by atoms with Crippen LogP contribution in [0.3, 0.4) is 0 Å². The van der Waals surface area contributed by atoms with Crippen molar-refractivity contribution in [3.05, 3.63) is 30.3 Å². The molecule has 1 aromatic carbocycles. The average molecular weight is 259 g/mol. The van der Waals surface area contributed by atoms with Crippen molar-refractivity contribution in [3.8, 4) is 11.8 Å². The fraction of sp³-hybridized carbons (Fsp3) is 0.500. The largest absolute Gasteiger partial charge is 0.425 e. The molecule has 0 amide bonds. The minimum Gasteiger partial charge on any atom is -0.425 e. The first kappa shape index (κ1) is 15.2. The van der Waals surface area contributed by atoms with E-state index in [4.69, 9.17) is 4.74 Å². The molecule has 0 radical (unpaired) electrons. The van der Waals surface area contributed by atoms with Crippen LogP contribution in [0.4, 0.5) is 0 Å². The molecule has 0 saturated heterocycles. The quantitative estimate of drug-likeness (QED) is 0.421. The summed E-state index contributed by atoms with van der Waals surface area (Å²) in [6.07, 6.45) is 4.75. The van der Waals surface area contributed by atoms with Crippen molar-refractivity contribution in [1.29, 1.82) is 5.26 Å². The van der Waals surface area contributed by atoms with Crippen molar-refractivity contribution in [3.63, 3.8) is 0 Å². The van der Waals surface area contributed by atoms with Gasteiger partial charge in [0, 0.05) is 0 Å². The summed E-state index contributed by atoms with van der Waals surface area (Å²) in [6, 6.07) is 11.0. The van der Waals surface area contributed by atoms with E-state index in [-0.39, 0.29) is 0 Å². The monoisotopic (exact) mass is 259 g/mol. The van der Waals surface area contributed by atoms with Crippen LogP contribution < -0.4 is 4.74 Å². The summed E-state index contributed by atoms with van der Waals surface area (Å²) in [4.78, 5) is 12.1. The number of nitrogens with zero attached hydrogens (tertiary/aromatic N) is 1. The van der Waals surface area contributed by atoms with E-state index in [9.17, 15) is 10.1 Å². The lowest BCUT2D eigenvalue weighted by Crippen LogP contribution is -2.30. The molecule has 3 nitrogen and oxygen atoms in total. The lowest BCUT2D eigenvalue weighted by Gasteiger charge is -2.19. The Morgan fingerprint density at radius 1 is 1.26 bits per heavy atom. The number of carbonyl (C=O) groups excluding carboxylic acids is 1. The normalized spacial score (nSPS) is 13.3. The summed E-state index contributed by atoms with van der Waals surface area (Å²) in [7, 11) is 0. The van der Waals surface area contributed by atoms with E-state index in [1.165, 1.54) is 0 Å². The van der Waals surface area contributed by atoms with Crippen LogP contribution in [0.2, 0.25) is 0 Å². The highest BCUT2D eigenvalue weighted by Gasteiger charge is 2.34. The zero-order valence-electron chi connectivity index (χ0n) is 11.7. The molecule has 0 bridgehead atoms. The Balaban J connectivity index is 2.58. The molecule has 0 aromatic heterocycles. The van der Waals surface area contributed by atoms with Gasteiger partial charge >= 0.3 is 5.97 Å². The van der Waals surface area contributed by atoms with E-state index in [2.05, 4.69) is 13.0 Å². The van der Waals surface area contributed by atoms with Crippen LogP contribution in [0.25, 0.3) is 0 Å². The summed E-state index contributed by atoms with van der Waals surface area (Å²) in [6.45, 7) is 3.79. The lowest BCUT2D eigenvalue weighted by atomic mass is 9.86. The van der Waals surface area contributed by atoms with Gasteiger partial charge in [-0.05, 0) is 25.5 Å². The number of carbonyl (C=O) groups is 1. The highest BCUT2D eigenvalue weighted by atomic mass is 16.5. The molecular formula is C16H21NO2. The van der Waals surface area contributed by atoms with E-state index in [1.54, 1.807) is 31.2 Å². The van der Waals surface area contributed by atoms with Gasteiger partial charge in [-0.2, -0.15) is 5.26 Å². The molecule has 1 rings (SSSR count). The third kappa shape index (κ3) is 4.75. The van der Waals surface area contributed by atoms with Gasteiger partial charge in [-0.15, -0.1) is 0 Å². The molecule has 1 atom stereocenters. The average Bonchev–Trinajstić information content (AvgIpc) is 2.44. The molecule has 0 spiro atoms. The predicted molar refractivity (Wildman–Crippen MR) is 74.6 cm³/mol. The van der Waals surface area contributed by atoms with E-state index in [0.29, 0.717) is 12.2 Å². The number of ether oxygens (including phenoxy) is 1. The molecule has 0 saturated carbocycles. The first-order valence-electron chi connectivity index (χ1n) is 6.81. The van der Waals surface area contributed by atoms with Gasteiger partial charge in [0.2, 0.25) is 0 Å². The van der Waals surface area contributed by atoms with Crippen molar-refractivity contribution < 1.29 is 9.53 Å². The summed E-state index contributed by atoms with van der Waals surface area (Å²) in [5, 5.41) is 9.24. The van der Waals surface area contributed by atoms with Gasteiger partial charge in [0.1, 0.15) is 5.75 Å². The number of esters is 1. The smallest absolute Gasteiger partial charge is 0.331 e. The van der Waals surface area contributed by atoms with Crippen LogP contribution in [-0.2, 0) is 4.79 Å². The van der Waals surface area contributed by atoms with Crippen LogP contribution in [0.5, 0.6) is 5.75 Å². The number of rotatable bonds is 7. The minimum absolute atomic E-state index is 0.460. The van der Waals surface area contributed by atoms with Gasteiger partial charge in [-0.3, -0.25) is 0 Å². The second-order valence-corrected chi connectivity index (χ2v) is 4.96. The zero-order chi connectivity index (χ0) is 14.1. The van der Waals surface area contributed by atoms with Crippen LogP contribution in [0.15, 0.2) is 30.3 Å². The van der Waals surface area contributed by atoms with Gasteiger partial charge in [0.15, 0.2) is 5.41 Å². The molecule has 0 aliphatic rings. The molecule has 3 heteroatoms. The summed E-state index contributed by atoms with van der Waals surface area (Å²) in [5.41, 5.74) is -1.05. The standard InChI is InChI=1S/C16H21NO2/c1-3-4-5-9-12-16(2,13-17)15(18)19-14-10-7-6-8-11-14/h6-8,10-11H,3-5,9,12H2,1-2H3. The van der Waals surface area contributed by atoms with Gasteiger partial charge in [-0.25, -0.2) is 4.79 Å². The molecule has 1 unspecified atom stereocenters. The Kier molecular flexibility index (Phi) is 6.08. The maximum atomic E-state index is 12.1. The molecule has 102 valence electrons. The fourth-order valence-corrected chi connectivity index (χ4v) is 1.82. The number of hydrogen-bond acceptors (Lipinski definition) is 3. The van der Waals surface area contributed by atoms with Crippen molar-refractivity contribution in [2.24, 2.45) is 5.41 Å². The fourth-order valence-electron chi connectivity index (χ4n) is 1.82. The van der Waals surface area contributed by atoms with Gasteiger partial charge in [0.25, 0.3) is 0 Å². The summed E-state index contributed by atoms with van der Waals surface area (Å²) in [5.74, 6) is 0.0280. The number of benzene rings is 1. The van der Waals surface area contributed by atoms with Crippen molar-refractivity contribution in [2.45, 2.75) is 46.0 Å². The molecule has 0 aliphatic heterocycles. The van der Waals surface area contributed by atoms with E-state index in [0.717, 1.165) is 25.7 Å². The third-order valence-electron chi connectivity index (χ3n) is 3.18. The molecule has 0 heterocycles. The SMILES string of the molecule is CCCCCCC(C)(C#N)C(=O)Oc1ccccc1. The Bertz CT molecular complexity index is 436. The van der Waals surface area contributed by atoms with Gasteiger partial charge in [0.05, 0.1) is 6.07 Å². The molecule has 0 N–H and O–H groups in total. The lowest BCUT2D eigenvalue weighted by molar-refractivity contribution is -0.142. The Hall–Kier alpha value is -1.82. The van der Waals surface area contributed by atoms with Gasteiger partial charge < -0.3 is 4.74 Å². The summed E-state index contributed by atoms with van der Waals surface area (Å²) < 4.78 is 5.27. The Labute approximate surface area is 115 Å². The first-order valence-corrected chi connectivity index (χ1v) is 6.81. The highest BCUT2D eigenvalue weighted by Crippen LogP contribution is 2.26. The number of hydrogen-bond donors (Lipinski definition) is 0. The number of nitriles is 1. The molecular weight excluding hydrogens is 238 g/mol. The van der Waals surface area contributed by atoms with Crippen LogP contribution in [-0.4, -0.2) is 5.97 Å². The van der Waals surface area contributed by atoms with Crippen LogP contribution >= 0.6 is 0 Å². The molecule has 0 aliphatic carbocycles.